The number of nitrogens with zero attached hydrogens (tertiary/aromatic N) is 1. The minimum atomic E-state index is -0.460. The van der Waals surface area contributed by atoms with Gasteiger partial charge in [0.15, 0.2) is 0 Å². The number of rotatable bonds is 9. The van der Waals surface area contributed by atoms with Crippen molar-refractivity contribution < 1.29 is 19.0 Å². The van der Waals surface area contributed by atoms with Crippen LogP contribution in [0.15, 0.2) is 47.6 Å². The lowest BCUT2D eigenvalue weighted by molar-refractivity contribution is -0.121. The number of amides is 1. The van der Waals surface area contributed by atoms with Gasteiger partial charge in [-0.1, -0.05) is 0 Å². The molecular formula is C20H25N3O4. The van der Waals surface area contributed by atoms with E-state index in [0.717, 1.165) is 17.0 Å². The maximum atomic E-state index is 12.2. The maximum absolute atomic E-state index is 12.2. The molecule has 1 amide bonds. The van der Waals surface area contributed by atoms with E-state index in [1.807, 2.05) is 31.2 Å². The largest absolute Gasteiger partial charge is 0.497 e. The summed E-state index contributed by atoms with van der Waals surface area (Å²) >= 11 is 0. The average Bonchev–Trinajstić information content (AvgIpc) is 2.69. The molecule has 2 rings (SSSR count). The number of hydrogen-bond donors (Lipinski definition) is 2. The quantitative estimate of drug-likeness (QED) is 0.523. The average molecular weight is 371 g/mol. The van der Waals surface area contributed by atoms with Gasteiger partial charge in [-0.2, -0.15) is 5.10 Å². The number of nitrogens with one attached hydrogen (secondary N) is 2. The molecule has 0 fully saturated rings. The summed E-state index contributed by atoms with van der Waals surface area (Å²) in [4.78, 5) is 12.2. The van der Waals surface area contributed by atoms with Crippen LogP contribution in [0.2, 0.25) is 0 Å². The molecule has 0 heterocycles. The van der Waals surface area contributed by atoms with Crippen molar-refractivity contribution in [2.75, 3.05) is 26.1 Å². The summed E-state index contributed by atoms with van der Waals surface area (Å²) in [5.41, 5.74) is 4.07. The van der Waals surface area contributed by atoms with Gasteiger partial charge in [-0.05, 0) is 50.2 Å². The fraction of sp³-hybridized carbons (Fsp3) is 0.300. The van der Waals surface area contributed by atoms with E-state index in [2.05, 4.69) is 15.8 Å². The van der Waals surface area contributed by atoms with E-state index < -0.39 is 6.04 Å². The number of carbonyl (C=O) groups excluding carboxylic acids is 1. The molecule has 7 nitrogen and oxygen atoms in total. The SMILES string of the molecule is CCOc1ccc(N[C@H](C)C(=O)N/N=C\c2ccc(OC)cc2OC)cc1. The first-order valence-electron chi connectivity index (χ1n) is 8.61. The Morgan fingerprint density at radius 3 is 2.44 bits per heavy atom. The van der Waals surface area contributed by atoms with E-state index in [4.69, 9.17) is 14.2 Å². The van der Waals surface area contributed by atoms with Crippen LogP contribution in [-0.4, -0.2) is 39.0 Å². The lowest BCUT2D eigenvalue weighted by Gasteiger charge is -2.14. The zero-order valence-corrected chi connectivity index (χ0v) is 16.0. The van der Waals surface area contributed by atoms with E-state index in [-0.39, 0.29) is 5.91 Å². The van der Waals surface area contributed by atoms with Crippen LogP contribution in [0.25, 0.3) is 0 Å². The molecule has 0 aliphatic heterocycles. The lowest BCUT2D eigenvalue weighted by Crippen LogP contribution is -2.34. The molecule has 0 saturated heterocycles. The van der Waals surface area contributed by atoms with Crippen molar-refractivity contribution in [3.05, 3.63) is 48.0 Å². The van der Waals surface area contributed by atoms with Crippen molar-refractivity contribution in [2.45, 2.75) is 19.9 Å². The van der Waals surface area contributed by atoms with Crippen molar-refractivity contribution in [2.24, 2.45) is 5.10 Å². The zero-order chi connectivity index (χ0) is 19.6. The van der Waals surface area contributed by atoms with Gasteiger partial charge < -0.3 is 19.5 Å². The first kappa shape index (κ1) is 20.1. The van der Waals surface area contributed by atoms with E-state index in [0.29, 0.717) is 18.1 Å². The molecule has 2 aromatic rings. The van der Waals surface area contributed by atoms with E-state index in [1.165, 1.54) is 6.21 Å². The van der Waals surface area contributed by atoms with Crippen LogP contribution < -0.4 is 25.0 Å². The van der Waals surface area contributed by atoms with Gasteiger partial charge in [0.05, 0.1) is 27.0 Å². The highest BCUT2D eigenvalue weighted by Crippen LogP contribution is 2.23. The van der Waals surface area contributed by atoms with Crippen molar-refractivity contribution >= 4 is 17.8 Å². The first-order valence-corrected chi connectivity index (χ1v) is 8.61. The van der Waals surface area contributed by atoms with E-state index in [9.17, 15) is 4.79 Å². The molecule has 0 unspecified atom stereocenters. The van der Waals surface area contributed by atoms with Gasteiger partial charge in [0.25, 0.3) is 5.91 Å². The Morgan fingerprint density at radius 1 is 1.11 bits per heavy atom. The molecule has 7 heteroatoms. The predicted octanol–water partition coefficient (Wildman–Crippen LogP) is 3.05. The molecule has 0 radical (unpaired) electrons. The molecule has 2 N–H and O–H groups in total. The molecule has 27 heavy (non-hydrogen) atoms. The van der Waals surface area contributed by atoms with Crippen molar-refractivity contribution in [3.8, 4) is 17.2 Å². The number of ether oxygens (including phenoxy) is 3. The second-order valence-electron chi connectivity index (χ2n) is 5.67. The first-order chi connectivity index (χ1) is 13.1. The predicted molar refractivity (Wildman–Crippen MR) is 106 cm³/mol. The molecule has 0 bridgehead atoms. The Bertz CT molecular complexity index is 775. The van der Waals surface area contributed by atoms with Crippen LogP contribution in [0, 0.1) is 0 Å². The lowest BCUT2D eigenvalue weighted by atomic mass is 10.2. The third-order valence-corrected chi connectivity index (χ3v) is 3.76. The number of hydrazone groups is 1. The molecule has 0 aliphatic carbocycles. The summed E-state index contributed by atoms with van der Waals surface area (Å²) < 4.78 is 15.8. The third kappa shape index (κ3) is 5.91. The van der Waals surface area contributed by atoms with E-state index >= 15 is 0 Å². The highest BCUT2D eigenvalue weighted by atomic mass is 16.5. The van der Waals surface area contributed by atoms with Gasteiger partial charge >= 0.3 is 0 Å². The summed E-state index contributed by atoms with van der Waals surface area (Å²) in [6.45, 7) is 4.30. The monoisotopic (exact) mass is 371 g/mol. The van der Waals surface area contributed by atoms with Crippen LogP contribution in [-0.2, 0) is 4.79 Å². The summed E-state index contributed by atoms with van der Waals surface area (Å²) in [7, 11) is 3.15. The van der Waals surface area contributed by atoms with Crippen molar-refractivity contribution in [1.82, 2.24) is 5.43 Å². The van der Waals surface area contributed by atoms with Crippen LogP contribution in [0.5, 0.6) is 17.2 Å². The van der Waals surface area contributed by atoms with Gasteiger partial charge in [0.1, 0.15) is 23.3 Å². The van der Waals surface area contributed by atoms with Crippen LogP contribution >= 0.6 is 0 Å². The van der Waals surface area contributed by atoms with Gasteiger partial charge in [-0.25, -0.2) is 5.43 Å². The van der Waals surface area contributed by atoms with Crippen molar-refractivity contribution in [3.63, 3.8) is 0 Å². The van der Waals surface area contributed by atoms with Crippen LogP contribution in [0.4, 0.5) is 5.69 Å². The fourth-order valence-electron chi connectivity index (χ4n) is 2.32. The summed E-state index contributed by atoms with van der Waals surface area (Å²) in [6.07, 6.45) is 1.53. The molecule has 2 aromatic carbocycles. The number of benzene rings is 2. The third-order valence-electron chi connectivity index (χ3n) is 3.76. The Hall–Kier alpha value is -3.22. The van der Waals surface area contributed by atoms with Crippen LogP contribution in [0.1, 0.15) is 19.4 Å². The van der Waals surface area contributed by atoms with Gasteiger partial charge in [-0.15, -0.1) is 0 Å². The molecule has 0 spiro atoms. The Kier molecular flexibility index (Phi) is 7.49. The number of hydrogen-bond acceptors (Lipinski definition) is 6. The fourth-order valence-corrected chi connectivity index (χ4v) is 2.32. The normalized spacial score (nSPS) is 11.7. The minimum absolute atomic E-state index is 0.257. The highest BCUT2D eigenvalue weighted by molar-refractivity contribution is 5.87. The van der Waals surface area contributed by atoms with Gasteiger partial charge in [0.2, 0.25) is 0 Å². The second kappa shape index (κ2) is 10.1. The van der Waals surface area contributed by atoms with Gasteiger partial charge in [0, 0.05) is 17.3 Å². The molecule has 1 atom stereocenters. The molecule has 0 saturated carbocycles. The highest BCUT2D eigenvalue weighted by Gasteiger charge is 2.12. The molecular weight excluding hydrogens is 346 g/mol. The van der Waals surface area contributed by atoms with E-state index in [1.54, 1.807) is 39.3 Å². The number of anilines is 1. The summed E-state index contributed by atoms with van der Waals surface area (Å²) in [5, 5.41) is 7.12. The number of methoxy groups -OCH3 is 2. The molecule has 144 valence electrons. The topological polar surface area (TPSA) is 81.2 Å². The standard InChI is InChI=1S/C20H25N3O4/c1-5-27-17-10-7-16(8-11-17)22-14(2)20(24)23-21-13-15-6-9-18(25-3)12-19(15)26-4/h6-14,22H,5H2,1-4H3,(H,23,24)/b21-13-/t14-/m1/s1. The zero-order valence-electron chi connectivity index (χ0n) is 16.0. The van der Waals surface area contributed by atoms with Crippen LogP contribution in [0.3, 0.4) is 0 Å². The smallest absolute Gasteiger partial charge is 0.262 e. The van der Waals surface area contributed by atoms with Gasteiger partial charge in [-0.3, -0.25) is 4.79 Å². The maximum Gasteiger partial charge on any atom is 0.262 e. The minimum Gasteiger partial charge on any atom is -0.497 e. The molecule has 0 aliphatic rings. The number of carbonyl (C=O) groups is 1. The Morgan fingerprint density at radius 2 is 1.81 bits per heavy atom. The second-order valence-corrected chi connectivity index (χ2v) is 5.67. The summed E-state index contributed by atoms with van der Waals surface area (Å²) in [5.74, 6) is 1.82. The Labute approximate surface area is 159 Å². The summed E-state index contributed by atoms with van der Waals surface area (Å²) in [6, 6.07) is 12.3. The Balaban J connectivity index is 1.91. The van der Waals surface area contributed by atoms with Crippen molar-refractivity contribution in [1.29, 1.82) is 0 Å². The molecule has 0 aromatic heterocycles.